The molecule has 3 aromatic rings. The third-order valence-electron chi connectivity index (χ3n) is 6.83. The molecule has 0 spiro atoms. The highest BCUT2D eigenvalue weighted by Gasteiger charge is 2.38. The Labute approximate surface area is 243 Å². The molecule has 0 bridgehead atoms. The molecule has 0 unspecified atom stereocenters. The van der Waals surface area contributed by atoms with E-state index in [0.717, 1.165) is 37.7 Å². The van der Waals surface area contributed by atoms with E-state index in [0.29, 0.717) is 33.9 Å². The van der Waals surface area contributed by atoms with Crippen LogP contribution in [0.3, 0.4) is 0 Å². The summed E-state index contributed by atoms with van der Waals surface area (Å²) in [6.07, 6.45) is 6.83. The lowest BCUT2D eigenvalue weighted by Crippen LogP contribution is -2.40. The summed E-state index contributed by atoms with van der Waals surface area (Å²) in [6.45, 7) is 2.08. The van der Waals surface area contributed by atoms with Crippen molar-refractivity contribution in [1.82, 2.24) is 4.90 Å². The second-order valence-electron chi connectivity index (χ2n) is 9.77. The summed E-state index contributed by atoms with van der Waals surface area (Å²) in [5.41, 5.74) is 1.63. The summed E-state index contributed by atoms with van der Waals surface area (Å²) in [5, 5.41) is 3.28. The number of nitrogens with one attached hydrogen (secondary N) is 1. The van der Waals surface area contributed by atoms with E-state index in [4.69, 9.17) is 9.47 Å². The van der Waals surface area contributed by atoms with Crippen LogP contribution in [0.4, 0.5) is 15.8 Å². The number of rotatable bonds is 9. The molecule has 0 atom stereocenters. The number of para-hydroxylation sites is 2. The summed E-state index contributed by atoms with van der Waals surface area (Å²) >= 11 is 1.25. The number of amidine groups is 1. The maximum Gasteiger partial charge on any atom is 0.267 e. The van der Waals surface area contributed by atoms with E-state index in [1.807, 2.05) is 31.2 Å². The zero-order valence-corrected chi connectivity index (χ0v) is 23.7. The number of hydrogen-bond acceptors (Lipinski definition) is 6. The van der Waals surface area contributed by atoms with E-state index in [9.17, 15) is 14.0 Å². The maximum absolute atomic E-state index is 14.4. The van der Waals surface area contributed by atoms with Gasteiger partial charge in [-0.05, 0) is 79.6 Å². The van der Waals surface area contributed by atoms with Crippen molar-refractivity contribution in [2.75, 3.05) is 18.5 Å². The fourth-order valence-corrected chi connectivity index (χ4v) is 5.94. The molecule has 41 heavy (non-hydrogen) atoms. The number of aliphatic imine (C=N–C) groups is 1. The summed E-state index contributed by atoms with van der Waals surface area (Å²) in [7, 11) is 0. The lowest BCUT2D eigenvalue weighted by atomic mass is 9.94. The minimum absolute atomic E-state index is 0.0389. The minimum Gasteiger partial charge on any atom is -0.490 e. The second-order valence-corrected chi connectivity index (χ2v) is 10.8. The fraction of sp³-hybridized carbons (Fsp3) is 0.281. The largest absolute Gasteiger partial charge is 0.490 e. The van der Waals surface area contributed by atoms with Gasteiger partial charge in [0.2, 0.25) is 0 Å². The first-order valence-corrected chi connectivity index (χ1v) is 14.6. The Hall–Kier alpha value is -4.11. The predicted molar refractivity (Wildman–Crippen MR) is 161 cm³/mol. The van der Waals surface area contributed by atoms with Crippen molar-refractivity contribution in [2.45, 2.75) is 45.1 Å². The quantitative estimate of drug-likeness (QED) is 0.274. The van der Waals surface area contributed by atoms with Crippen LogP contribution >= 0.6 is 11.8 Å². The lowest BCUT2D eigenvalue weighted by molar-refractivity contribution is -0.124. The van der Waals surface area contributed by atoms with Gasteiger partial charge in [0, 0.05) is 11.7 Å². The molecule has 212 valence electrons. The van der Waals surface area contributed by atoms with Crippen molar-refractivity contribution < 1.29 is 23.5 Å². The van der Waals surface area contributed by atoms with Gasteiger partial charge in [-0.2, -0.15) is 0 Å². The minimum atomic E-state index is -0.427. The van der Waals surface area contributed by atoms with Crippen LogP contribution < -0.4 is 14.8 Å². The number of carbonyl (C=O) groups is 2. The monoisotopic (exact) mass is 573 g/mol. The molecule has 2 aliphatic rings. The maximum atomic E-state index is 14.4. The van der Waals surface area contributed by atoms with Crippen LogP contribution in [0.1, 0.15) is 44.6 Å². The smallest absolute Gasteiger partial charge is 0.267 e. The second kappa shape index (κ2) is 13.5. The van der Waals surface area contributed by atoms with Crippen LogP contribution in [-0.2, 0) is 9.59 Å². The number of halogens is 1. The van der Waals surface area contributed by atoms with Crippen molar-refractivity contribution in [1.29, 1.82) is 0 Å². The van der Waals surface area contributed by atoms with E-state index in [-0.39, 0.29) is 30.2 Å². The first-order valence-electron chi connectivity index (χ1n) is 13.8. The molecule has 7 nitrogen and oxygen atoms in total. The van der Waals surface area contributed by atoms with Gasteiger partial charge in [0.15, 0.2) is 23.3 Å². The summed E-state index contributed by atoms with van der Waals surface area (Å²) in [6, 6.07) is 20.9. The van der Waals surface area contributed by atoms with Gasteiger partial charge in [-0.25, -0.2) is 9.38 Å². The van der Waals surface area contributed by atoms with Gasteiger partial charge < -0.3 is 14.8 Å². The van der Waals surface area contributed by atoms with Gasteiger partial charge in [-0.1, -0.05) is 55.7 Å². The van der Waals surface area contributed by atoms with Crippen LogP contribution in [-0.4, -0.2) is 41.1 Å². The number of ether oxygens (including phenoxy) is 2. The Morgan fingerprint density at radius 3 is 2.54 bits per heavy atom. The molecule has 2 amide bonds. The van der Waals surface area contributed by atoms with Gasteiger partial charge in [-0.3, -0.25) is 14.5 Å². The molecular weight excluding hydrogens is 541 g/mol. The van der Waals surface area contributed by atoms with Crippen molar-refractivity contribution >= 4 is 46.2 Å². The summed E-state index contributed by atoms with van der Waals surface area (Å²) in [5.74, 6) is 0.0426. The topological polar surface area (TPSA) is 80.2 Å². The highest BCUT2D eigenvalue weighted by molar-refractivity contribution is 8.18. The van der Waals surface area contributed by atoms with E-state index in [2.05, 4.69) is 10.3 Å². The molecule has 1 aliphatic carbocycles. The highest BCUT2D eigenvalue weighted by Crippen LogP contribution is 2.39. The average molecular weight is 574 g/mol. The first-order chi connectivity index (χ1) is 20.0. The zero-order valence-electron chi connectivity index (χ0n) is 22.8. The van der Waals surface area contributed by atoms with Crippen molar-refractivity contribution in [2.24, 2.45) is 4.99 Å². The third kappa shape index (κ3) is 7.16. The molecule has 1 saturated heterocycles. The van der Waals surface area contributed by atoms with E-state index in [1.165, 1.54) is 17.8 Å². The number of amides is 2. The average Bonchev–Trinajstić information content (AvgIpc) is 3.29. The van der Waals surface area contributed by atoms with Crippen molar-refractivity contribution in [3.05, 3.63) is 89.1 Å². The molecule has 9 heteroatoms. The third-order valence-corrected chi connectivity index (χ3v) is 7.81. The first kappa shape index (κ1) is 28.4. The number of hydrogen-bond donors (Lipinski definition) is 1. The van der Waals surface area contributed by atoms with Crippen molar-refractivity contribution in [3.63, 3.8) is 0 Å². The molecular formula is C32H32FN3O4S. The number of carbonyl (C=O) groups excluding carboxylic acids is 2. The van der Waals surface area contributed by atoms with E-state index < -0.39 is 5.82 Å². The zero-order chi connectivity index (χ0) is 28.6. The van der Waals surface area contributed by atoms with Crippen molar-refractivity contribution in [3.8, 4) is 11.5 Å². The van der Waals surface area contributed by atoms with Gasteiger partial charge >= 0.3 is 0 Å². The van der Waals surface area contributed by atoms with Gasteiger partial charge in [-0.15, -0.1) is 0 Å². The molecule has 2 fully saturated rings. The molecule has 0 aromatic heterocycles. The number of anilines is 1. The normalized spacial score (nSPS) is 17.7. The Morgan fingerprint density at radius 1 is 1.02 bits per heavy atom. The molecule has 1 aliphatic heterocycles. The number of benzene rings is 3. The number of nitrogens with zero attached hydrogens (tertiary/aromatic N) is 2. The SMILES string of the molecule is CCOc1cc(/C=C2\SC(=Nc3ccccc3F)N(C3CCCCC3)C2=O)ccc1OCC(=O)Nc1ccccc1. The van der Waals surface area contributed by atoms with Crippen LogP contribution in [0.15, 0.2) is 82.7 Å². The fourth-order valence-electron chi connectivity index (χ4n) is 4.89. The van der Waals surface area contributed by atoms with Crippen LogP contribution in [0.25, 0.3) is 6.08 Å². The predicted octanol–water partition coefficient (Wildman–Crippen LogP) is 7.18. The molecule has 1 saturated carbocycles. The lowest BCUT2D eigenvalue weighted by Gasteiger charge is -2.30. The van der Waals surface area contributed by atoms with Gasteiger partial charge in [0.1, 0.15) is 11.5 Å². The molecule has 1 heterocycles. The Bertz CT molecular complexity index is 1450. The van der Waals surface area contributed by atoms with E-state index in [1.54, 1.807) is 53.4 Å². The Kier molecular flexibility index (Phi) is 9.36. The van der Waals surface area contributed by atoms with Crippen LogP contribution in [0, 0.1) is 5.82 Å². The summed E-state index contributed by atoms with van der Waals surface area (Å²) in [4.78, 5) is 32.9. The van der Waals surface area contributed by atoms with Gasteiger partial charge in [0.25, 0.3) is 11.8 Å². The molecule has 3 aromatic carbocycles. The highest BCUT2D eigenvalue weighted by atomic mass is 32.2. The van der Waals surface area contributed by atoms with Crippen LogP contribution in [0.5, 0.6) is 11.5 Å². The van der Waals surface area contributed by atoms with E-state index >= 15 is 0 Å². The molecule has 5 rings (SSSR count). The number of thioether (sulfide) groups is 1. The summed E-state index contributed by atoms with van der Waals surface area (Å²) < 4.78 is 26.0. The van der Waals surface area contributed by atoms with Gasteiger partial charge in [0.05, 0.1) is 11.5 Å². The molecule has 0 radical (unpaired) electrons. The Balaban J connectivity index is 1.37. The Morgan fingerprint density at radius 2 is 1.78 bits per heavy atom. The van der Waals surface area contributed by atoms with Crippen LogP contribution in [0.2, 0.25) is 0 Å². The molecule has 1 N–H and O–H groups in total. The standard InChI is InChI=1S/C32H32FN3O4S/c1-2-39-28-19-22(17-18-27(28)40-21-30(37)34-23-11-5-3-6-12-23)20-29-31(38)36(24-13-7-4-8-14-24)32(41-29)35-26-16-10-9-15-25(26)33/h3,5-6,9-12,15-20,24H,2,4,7-8,13-14,21H2,1H3,(H,34,37)/b29-20-,35-32?.